The minimum Gasteiger partial charge on any atom is -0.369 e. The summed E-state index contributed by atoms with van der Waals surface area (Å²) in [6.07, 6.45) is -3.45. The Hall–Kier alpha value is -0.940. The highest BCUT2D eigenvalue weighted by Gasteiger charge is 2.42. The molecule has 0 bridgehead atoms. The highest BCUT2D eigenvalue weighted by atomic mass is 35.5. The van der Waals surface area contributed by atoms with Crippen molar-refractivity contribution in [1.82, 2.24) is 0 Å². The van der Waals surface area contributed by atoms with Crippen LogP contribution in [-0.2, 0) is 6.54 Å². The van der Waals surface area contributed by atoms with Crippen molar-refractivity contribution in [3.8, 4) is 0 Å². The predicted octanol–water partition coefficient (Wildman–Crippen LogP) is 3.58. The molecule has 106 valence electrons. The standard InChI is InChI=1S/C13H16ClF3N2/c14-11-5-1-3-9(7-18)12(11)19-6-2-4-10(8-19)13(15,16)17/h1,3,5,10H,2,4,6-8,18H2. The number of halogens is 4. The van der Waals surface area contributed by atoms with Crippen LogP contribution in [0.15, 0.2) is 18.2 Å². The monoisotopic (exact) mass is 292 g/mol. The van der Waals surface area contributed by atoms with Gasteiger partial charge in [0.05, 0.1) is 16.6 Å². The van der Waals surface area contributed by atoms with Crippen LogP contribution >= 0.6 is 11.6 Å². The number of nitrogens with two attached hydrogens (primary N) is 1. The van der Waals surface area contributed by atoms with Gasteiger partial charge in [-0.25, -0.2) is 0 Å². The quantitative estimate of drug-likeness (QED) is 0.903. The number of anilines is 1. The fraction of sp³-hybridized carbons (Fsp3) is 0.538. The first-order chi connectivity index (χ1) is 8.93. The summed E-state index contributed by atoms with van der Waals surface area (Å²) >= 11 is 6.13. The number of alkyl halides is 3. The van der Waals surface area contributed by atoms with Crippen molar-refractivity contribution in [3.05, 3.63) is 28.8 Å². The van der Waals surface area contributed by atoms with Crippen molar-refractivity contribution >= 4 is 17.3 Å². The van der Waals surface area contributed by atoms with Gasteiger partial charge in [0.25, 0.3) is 0 Å². The smallest absolute Gasteiger partial charge is 0.369 e. The molecule has 2 nitrogen and oxygen atoms in total. The molecule has 0 amide bonds. The van der Waals surface area contributed by atoms with E-state index in [0.717, 1.165) is 5.56 Å². The van der Waals surface area contributed by atoms with Crippen molar-refractivity contribution < 1.29 is 13.2 Å². The van der Waals surface area contributed by atoms with Gasteiger partial charge in [-0.05, 0) is 24.5 Å². The maximum Gasteiger partial charge on any atom is 0.393 e. The second-order valence-electron chi connectivity index (χ2n) is 4.78. The molecule has 0 radical (unpaired) electrons. The number of benzene rings is 1. The van der Waals surface area contributed by atoms with E-state index in [0.29, 0.717) is 23.7 Å². The summed E-state index contributed by atoms with van der Waals surface area (Å²) in [7, 11) is 0. The number of para-hydroxylation sites is 1. The summed E-state index contributed by atoms with van der Waals surface area (Å²) in [5.74, 6) is -1.29. The van der Waals surface area contributed by atoms with Crippen molar-refractivity contribution in [2.75, 3.05) is 18.0 Å². The topological polar surface area (TPSA) is 29.3 Å². The molecule has 2 rings (SSSR count). The van der Waals surface area contributed by atoms with Crippen LogP contribution in [0.1, 0.15) is 18.4 Å². The molecule has 1 atom stereocenters. The predicted molar refractivity (Wildman–Crippen MR) is 70.3 cm³/mol. The van der Waals surface area contributed by atoms with E-state index in [9.17, 15) is 13.2 Å². The first kappa shape index (κ1) is 14.5. The summed E-state index contributed by atoms with van der Waals surface area (Å²) in [5.41, 5.74) is 7.08. The average molecular weight is 293 g/mol. The molecule has 1 aliphatic heterocycles. The van der Waals surface area contributed by atoms with Gasteiger partial charge >= 0.3 is 6.18 Å². The molecular weight excluding hydrogens is 277 g/mol. The Bertz CT molecular complexity index is 448. The van der Waals surface area contributed by atoms with E-state index in [4.69, 9.17) is 17.3 Å². The Morgan fingerprint density at radius 2 is 2.11 bits per heavy atom. The average Bonchev–Trinajstić information content (AvgIpc) is 2.37. The van der Waals surface area contributed by atoms with E-state index in [1.54, 1.807) is 23.1 Å². The maximum atomic E-state index is 12.8. The second kappa shape index (κ2) is 5.59. The van der Waals surface area contributed by atoms with E-state index in [-0.39, 0.29) is 19.5 Å². The Labute approximate surface area is 115 Å². The molecule has 1 heterocycles. The highest BCUT2D eigenvalue weighted by Crippen LogP contribution is 2.38. The summed E-state index contributed by atoms with van der Waals surface area (Å²) in [6, 6.07) is 5.25. The fourth-order valence-corrected chi connectivity index (χ4v) is 2.84. The Morgan fingerprint density at radius 3 is 2.74 bits per heavy atom. The van der Waals surface area contributed by atoms with E-state index >= 15 is 0 Å². The van der Waals surface area contributed by atoms with E-state index < -0.39 is 12.1 Å². The zero-order valence-electron chi connectivity index (χ0n) is 10.4. The van der Waals surface area contributed by atoms with Crippen LogP contribution in [0.4, 0.5) is 18.9 Å². The highest BCUT2D eigenvalue weighted by molar-refractivity contribution is 6.33. The van der Waals surface area contributed by atoms with Crippen molar-refractivity contribution in [2.24, 2.45) is 11.7 Å². The van der Waals surface area contributed by atoms with Gasteiger partial charge in [-0.15, -0.1) is 0 Å². The molecule has 1 aromatic carbocycles. The first-order valence-electron chi connectivity index (χ1n) is 6.22. The molecule has 1 aliphatic rings. The van der Waals surface area contributed by atoms with Crippen molar-refractivity contribution in [2.45, 2.75) is 25.6 Å². The molecule has 0 saturated carbocycles. The SMILES string of the molecule is NCc1cccc(Cl)c1N1CCCC(C(F)(F)F)C1. The molecule has 0 spiro atoms. The van der Waals surface area contributed by atoms with Crippen LogP contribution in [0.3, 0.4) is 0 Å². The van der Waals surface area contributed by atoms with Crippen LogP contribution in [0.25, 0.3) is 0 Å². The van der Waals surface area contributed by atoms with E-state index in [2.05, 4.69) is 0 Å². The number of piperidine rings is 1. The Morgan fingerprint density at radius 1 is 1.37 bits per heavy atom. The number of hydrogen-bond acceptors (Lipinski definition) is 2. The zero-order chi connectivity index (χ0) is 14.0. The third-order valence-electron chi connectivity index (χ3n) is 3.49. The number of rotatable bonds is 2. The van der Waals surface area contributed by atoms with Crippen LogP contribution in [-0.4, -0.2) is 19.3 Å². The largest absolute Gasteiger partial charge is 0.393 e. The number of hydrogen-bond donors (Lipinski definition) is 1. The van der Waals surface area contributed by atoms with Gasteiger partial charge < -0.3 is 10.6 Å². The van der Waals surface area contributed by atoms with Gasteiger partial charge in [0.15, 0.2) is 0 Å². The minimum atomic E-state index is -4.15. The maximum absolute atomic E-state index is 12.8. The van der Waals surface area contributed by atoms with Gasteiger partial charge in [0.1, 0.15) is 0 Å². The van der Waals surface area contributed by atoms with Gasteiger partial charge in [-0.1, -0.05) is 23.7 Å². The van der Waals surface area contributed by atoms with Gasteiger partial charge in [0.2, 0.25) is 0 Å². The third-order valence-corrected chi connectivity index (χ3v) is 3.80. The molecular formula is C13H16ClF3N2. The first-order valence-corrected chi connectivity index (χ1v) is 6.60. The number of nitrogens with zero attached hydrogens (tertiary/aromatic N) is 1. The molecule has 1 unspecified atom stereocenters. The Kier molecular flexibility index (Phi) is 4.26. The lowest BCUT2D eigenvalue weighted by atomic mass is 9.96. The summed E-state index contributed by atoms with van der Waals surface area (Å²) in [4.78, 5) is 1.71. The second-order valence-corrected chi connectivity index (χ2v) is 5.19. The Balaban J connectivity index is 2.27. The molecule has 2 N–H and O–H groups in total. The molecule has 0 aliphatic carbocycles. The molecule has 1 aromatic rings. The van der Waals surface area contributed by atoms with Crippen molar-refractivity contribution in [3.63, 3.8) is 0 Å². The van der Waals surface area contributed by atoms with Crippen LogP contribution in [0.5, 0.6) is 0 Å². The summed E-state index contributed by atoms with van der Waals surface area (Å²) in [5, 5.41) is 0.464. The lowest BCUT2D eigenvalue weighted by molar-refractivity contribution is -0.176. The summed E-state index contributed by atoms with van der Waals surface area (Å²) < 4.78 is 38.5. The van der Waals surface area contributed by atoms with Gasteiger partial charge in [0, 0.05) is 19.6 Å². The van der Waals surface area contributed by atoms with Crippen LogP contribution in [0, 0.1) is 5.92 Å². The zero-order valence-corrected chi connectivity index (χ0v) is 11.1. The van der Waals surface area contributed by atoms with E-state index in [1.165, 1.54) is 0 Å². The van der Waals surface area contributed by atoms with E-state index in [1.807, 2.05) is 0 Å². The molecule has 1 fully saturated rings. The normalized spacial score (nSPS) is 20.7. The third kappa shape index (κ3) is 3.15. The lowest BCUT2D eigenvalue weighted by Crippen LogP contribution is -2.42. The minimum absolute atomic E-state index is 0.0414. The molecule has 19 heavy (non-hydrogen) atoms. The van der Waals surface area contributed by atoms with Gasteiger partial charge in [-0.3, -0.25) is 0 Å². The van der Waals surface area contributed by atoms with Crippen LogP contribution < -0.4 is 10.6 Å². The summed E-state index contributed by atoms with van der Waals surface area (Å²) in [6.45, 7) is 0.812. The molecule has 6 heteroatoms. The van der Waals surface area contributed by atoms with Gasteiger partial charge in [-0.2, -0.15) is 13.2 Å². The van der Waals surface area contributed by atoms with Crippen molar-refractivity contribution in [1.29, 1.82) is 0 Å². The molecule has 1 saturated heterocycles. The fourth-order valence-electron chi connectivity index (χ4n) is 2.53. The van der Waals surface area contributed by atoms with Crippen LogP contribution in [0.2, 0.25) is 5.02 Å². The lowest BCUT2D eigenvalue weighted by Gasteiger charge is -2.36. The molecule has 0 aromatic heterocycles.